The van der Waals surface area contributed by atoms with Gasteiger partial charge in [0.2, 0.25) is 0 Å². The normalized spacial score (nSPS) is 12.1. The minimum absolute atomic E-state index is 0.229. The van der Waals surface area contributed by atoms with Gasteiger partial charge in [0.25, 0.3) is 0 Å². The van der Waals surface area contributed by atoms with Crippen molar-refractivity contribution >= 4 is 5.69 Å². The van der Waals surface area contributed by atoms with E-state index in [1.54, 1.807) is 19.6 Å². The lowest BCUT2D eigenvalue weighted by Gasteiger charge is -2.13. The first-order chi connectivity index (χ1) is 7.79. The summed E-state index contributed by atoms with van der Waals surface area (Å²) in [5, 5.41) is 3.38. The number of hydrogen-bond acceptors (Lipinski definition) is 3. The van der Waals surface area contributed by atoms with Crippen molar-refractivity contribution < 1.29 is 9.15 Å². The summed E-state index contributed by atoms with van der Waals surface area (Å²) in [4.78, 5) is 0. The van der Waals surface area contributed by atoms with E-state index < -0.39 is 0 Å². The maximum atomic E-state index is 5.10. The van der Waals surface area contributed by atoms with Crippen LogP contribution >= 0.6 is 0 Å². The Morgan fingerprint density at radius 2 is 1.94 bits per heavy atom. The van der Waals surface area contributed by atoms with Crippen LogP contribution in [-0.4, -0.2) is 7.11 Å². The lowest BCUT2D eigenvalue weighted by atomic mass is 10.1. The SMILES string of the molecule is COc1ccc(NC(C)c2ccoc2)cc1. The standard InChI is InChI=1S/C13H15NO2/c1-10(11-7-8-16-9-11)14-12-3-5-13(15-2)6-4-12/h3-10,14H,1-2H3. The molecule has 0 aliphatic carbocycles. The number of nitrogens with one attached hydrogen (secondary N) is 1. The second-order valence-electron chi connectivity index (χ2n) is 3.65. The molecule has 1 atom stereocenters. The molecule has 0 aliphatic rings. The predicted molar refractivity (Wildman–Crippen MR) is 63.7 cm³/mol. The molecule has 0 radical (unpaired) electrons. The van der Waals surface area contributed by atoms with Crippen LogP contribution in [0, 0.1) is 0 Å². The van der Waals surface area contributed by atoms with Gasteiger partial charge in [0.05, 0.1) is 25.7 Å². The Labute approximate surface area is 95.0 Å². The van der Waals surface area contributed by atoms with Gasteiger partial charge < -0.3 is 14.5 Å². The van der Waals surface area contributed by atoms with E-state index in [9.17, 15) is 0 Å². The third-order valence-corrected chi connectivity index (χ3v) is 2.52. The zero-order valence-corrected chi connectivity index (χ0v) is 9.44. The summed E-state index contributed by atoms with van der Waals surface area (Å²) < 4.78 is 10.2. The molecule has 16 heavy (non-hydrogen) atoms. The molecule has 0 saturated heterocycles. The van der Waals surface area contributed by atoms with Gasteiger partial charge in [0.15, 0.2) is 0 Å². The zero-order valence-electron chi connectivity index (χ0n) is 9.44. The Balaban J connectivity index is 2.03. The van der Waals surface area contributed by atoms with Gasteiger partial charge in [-0.25, -0.2) is 0 Å². The van der Waals surface area contributed by atoms with Gasteiger partial charge in [0.1, 0.15) is 5.75 Å². The van der Waals surface area contributed by atoms with Gasteiger partial charge in [-0.2, -0.15) is 0 Å². The summed E-state index contributed by atoms with van der Waals surface area (Å²) in [7, 11) is 1.66. The third kappa shape index (κ3) is 2.37. The fraction of sp³-hybridized carbons (Fsp3) is 0.231. The van der Waals surface area contributed by atoms with Crippen LogP contribution in [0.4, 0.5) is 5.69 Å². The fourth-order valence-electron chi connectivity index (χ4n) is 1.54. The summed E-state index contributed by atoms with van der Waals surface area (Å²) in [6.07, 6.45) is 3.43. The van der Waals surface area contributed by atoms with Crippen molar-refractivity contribution in [1.29, 1.82) is 0 Å². The van der Waals surface area contributed by atoms with Crippen molar-refractivity contribution in [2.45, 2.75) is 13.0 Å². The van der Waals surface area contributed by atoms with E-state index in [1.165, 1.54) is 0 Å². The molecule has 2 aromatic rings. The second kappa shape index (κ2) is 4.75. The largest absolute Gasteiger partial charge is 0.497 e. The van der Waals surface area contributed by atoms with Crippen molar-refractivity contribution in [3.05, 3.63) is 48.4 Å². The molecule has 0 bridgehead atoms. The third-order valence-electron chi connectivity index (χ3n) is 2.52. The van der Waals surface area contributed by atoms with Crippen LogP contribution in [0.15, 0.2) is 47.3 Å². The van der Waals surface area contributed by atoms with Crippen molar-refractivity contribution in [1.82, 2.24) is 0 Å². The summed E-state index contributed by atoms with van der Waals surface area (Å²) in [5.41, 5.74) is 2.20. The van der Waals surface area contributed by atoms with E-state index in [4.69, 9.17) is 9.15 Å². The van der Waals surface area contributed by atoms with Crippen LogP contribution in [-0.2, 0) is 0 Å². The molecule has 0 fully saturated rings. The highest BCUT2D eigenvalue weighted by molar-refractivity contribution is 5.47. The van der Waals surface area contributed by atoms with Crippen LogP contribution in [0.1, 0.15) is 18.5 Å². The molecule has 1 N–H and O–H groups in total. The zero-order chi connectivity index (χ0) is 11.4. The molecule has 0 spiro atoms. The Morgan fingerprint density at radius 1 is 1.19 bits per heavy atom. The fourth-order valence-corrected chi connectivity index (χ4v) is 1.54. The number of rotatable bonds is 4. The van der Waals surface area contributed by atoms with Gasteiger partial charge >= 0.3 is 0 Å². The van der Waals surface area contributed by atoms with Crippen LogP contribution in [0.2, 0.25) is 0 Å². The Bertz CT molecular complexity index is 420. The van der Waals surface area contributed by atoms with Crippen LogP contribution in [0.25, 0.3) is 0 Å². The quantitative estimate of drug-likeness (QED) is 0.851. The second-order valence-corrected chi connectivity index (χ2v) is 3.65. The summed E-state index contributed by atoms with van der Waals surface area (Å²) in [6.45, 7) is 2.09. The van der Waals surface area contributed by atoms with Crippen molar-refractivity contribution in [3.8, 4) is 5.75 Å². The van der Waals surface area contributed by atoms with E-state index in [1.807, 2.05) is 30.3 Å². The number of benzene rings is 1. The Hall–Kier alpha value is -1.90. The first-order valence-corrected chi connectivity index (χ1v) is 5.22. The maximum Gasteiger partial charge on any atom is 0.119 e. The van der Waals surface area contributed by atoms with E-state index >= 15 is 0 Å². The molecule has 1 heterocycles. The highest BCUT2D eigenvalue weighted by Gasteiger charge is 2.05. The molecule has 2 rings (SSSR count). The molecule has 1 aromatic carbocycles. The number of furan rings is 1. The molecule has 0 amide bonds. The average molecular weight is 217 g/mol. The molecular weight excluding hydrogens is 202 g/mol. The van der Waals surface area contributed by atoms with Gasteiger partial charge in [-0.3, -0.25) is 0 Å². The summed E-state index contributed by atoms with van der Waals surface area (Å²) >= 11 is 0. The van der Waals surface area contributed by atoms with Crippen LogP contribution in [0.3, 0.4) is 0 Å². The smallest absolute Gasteiger partial charge is 0.119 e. The topological polar surface area (TPSA) is 34.4 Å². The average Bonchev–Trinajstić information content (AvgIpc) is 2.83. The summed E-state index contributed by atoms with van der Waals surface area (Å²) in [6, 6.07) is 10.0. The Kier molecular flexibility index (Phi) is 3.15. The molecular formula is C13H15NO2. The first kappa shape index (κ1) is 10.6. The molecule has 1 unspecified atom stereocenters. The first-order valence-electron chi connectivity index (χ1n) is 5.22. The molecule has 0 aliphatic heterocycles. The van der Waals surface area contributed by atoms with Gasteiger partial charge in [0, 0.05) is 11.3 Å². The maximum absolute atomic E-state index is 5.10. The van der Waals surface area contributed by atoms with Crippen LogP contribution in [0.5, 0.6) is 5.75 Å². The van der Waals surface area contributed by atoms with Gasteiger partial charge in [-0.15, -0.1) is 0 Å². The monoisotopic (exact) mass is 217 g/mol. The van der Waals surface area contributed by atoms with E-state index in [2.05, 4.69) is 12.2 Å². The number of ether oxygens (including phenoxy) is 1. The minimum atomic E-state index is 0.229. The summed E-state index contributed by atoms with van der Waals surface area (Å²) in [5.74, 6) is 0.863. The lowest BCUT2D eigenvalue weighted by molar-refractivity contribution is 0.415. The molecule has 3 heteroatoms. The molecule has 1 aromatic heterocycles. The van der Waals surface area contributed by atoms with E-state index in [0.29, 0.717) is 0 Å². The number of methoxy groups -OCH3 is 1. The molecule has 84 valence electrons. The molecule has 3 nitrogen and oxygen atoms in total. The predicted octanol–water partition coefficient (Wildman–Crippen LogP) is 3.46. The highest BCUT2D eigenvalue weighted by Crippen LogP contribution is 2.21. The van der Waals surface area contributed by atoms with E-state index in [-0.39, 0.29) is 6.04 Å². The van der Waals surface area contributed by atoms with Crippen LogP contribution < -0.4 is 10.1 Å². The van der Waals surface area contributed by atoms with Gasteiger partial charge in [-0.05, 0) is 37.3 Å². The lowest BCUT2D eigenvalue weighted by Crippen LogP contribution is -2.05. The minimum Gasteiger partial charge on any atom is -0.497 e. The van der Waals surface area contributed by atoms with Crippen molar-refractivity contribution in [2.24, 2.45) is 0 Å². The Morgan fingerprint density at radius 3 is 2.50 bits per heavy atom. The van der Waals surface area contributed by atoms with Crippen molar-refractivity contribution in [3.63, 3.8) is 0 Å². The van der Waals surface area contributed by atoms with Crippen molar-refractivity contribution in [2.75, 3.05) is 12.4 Å². The molecule has 0 saturated carbocycles. The number of hydrogen-bond donors (Lipinski definition) is 1. The highest BCUT2D eigenvalue weighted by atomic mass is 16.5. The van der Waals surface area contributed by atoms with Gasteiger partial charge in [-0.1, -0.05) is 0 Å². The number of anilines is 1. The van der Waals surface area contributed by atoms with E-state index in [0.717, 1.165) is 17.0 Å².